The first kappa shape index (κ1) is 22.9. The van der Waals surface area contributed by atoms with Crippen LogP contribution in [-0.4, -0.2) is 44.7 Å². The minimum absolute atomic E-state index is 0.0319. The number of unbranched alkanes of at least 4 members (excludes halogenated alkanes) is 1. The molecule has 0 spiro atoms. The SMILES string of the molecule is CCOC(=O)C(CCCCC(C)(C)COC1CCCCO1)C(=O)OCC. The van der Waals surface area contributed by atoms with Crippen LogP contribution in [0.2, 0.25) is 0 Å². The molecule has 6 nitrogen and oxygen atoms in total. The molecule has 1 aliphatic heterocycles. The number of hydrogen-bond acceptors (Lipinski definition) is 6. The van der Waals surface area contributed by atoms with Gasteiger partial charge in [-0.1, -0.05) is 26.7 Å². The maximum Gasteiger partial charge on any atom is 0.320 e. The van der Waals surface area contributed by atoms with Crippen LogP contribution in [0, 0.1) is 11.3 Å². The molecule has 6 heteroatoms. The smallest absolute Gasteiger partial charge is 0.320 e. The van der Waals surface area contributed by atoms with Gasteiger partial charge in [0.2, 0.25) is 0 Å². The first-order valence-corrected chi connectivity index (χ1v) is 9.96. The standard InChI is InChI=1S/C20H36O6/c1-5-23-18(21)16(19(22)24-6-2)11-7-9-13-20(3,4)15-26-17-12-8-10-14-25-17/h16-17H,5-15H2,1-4H3. The maximum absolute atomic E-state index is 12.0. The van der Waals surface area contributed by atoms with E-state index in [-0.39, 0.29) is 24.9 Å². The van der Waals surface area contributed by atoms with Crippen molar-refractivity contribution < 1.29 is 28.5 Å². The third kappa shape index (κ3) is 8.99. The molecule has 1 heterocycles. The topological polar surface area (TPSA) is 71.1 Å². The minimum Gasteiger partial charge on any atom is -0.465 e. The summed E-state index contributed by atoms with van der Waals surface area (Å²) in [6, 6.07) is 0. The van der Waals surface area contributed by atoms with E-state index in [4.69, 9.17) is 18.9 Å². The molecule has 0 aromatic rings. The van der Waals surface area contributed by atoms with Crippen LogP contribution in [0.1, 0.15) is 72.6 Å². The van der Waals surface area contributed by atoms with E-state index in [2.05, 4.69) is 13.8 Å². The van der Waals surface area contributed by atoms with Crippen LogP contribution in [0.5, 0.6) is 0 Å². The van der Waals surface area contributed by atoms with Crippen molar-refractivity contribution in [2.24, 2.45) is 11.3 Å². The number of carbonyl (C=O) groups is 2. The quantitative estimate of drug-likeness (QED) is 0.294. The highest BCUT2D eigenvalue weighted by atomic mass is 16.7. The number of esters is 2. The van der Waals surface area contributed by atoms with E-state index in [1.165, 1.54) is 0 Å². The molecule has 1 rings (SSSR count). The second-order valence-corrected chi connectivity index (χ2v) is 7.57. The molecule has 1 atom stereocenters. The van der Waals surface area contributed by atoms with E-state index in [1.807, 2.05) is 0 Å². The van der Waals surface area contributed by atoms with Crippen LogP contribution in [0.25, 0.3) is 0 Å². The maximum atomic E-state index is 12.0. The third-order valence-corrected chi connectivity index (χ3v) is 4.54. The molecular weight excluding hydrogens is 336 g/mol. The molecule has 0 aromatic carbocycles. The second kappa shape index (κ2) is 12.3. The Morgan fingerprint density at radius 3 is 2.27 bits per heavy atom. The Morgan fingerprint density at radius 1 is 1.08 bits per heavy atom. The zero-order valence-electron chi connectivity index (χ0n) is 16.9. The molecule has 26 heavy (non-hydrogen) atoms. The fourth-order valence-electron chi connectivity index (χ4n) is 3.00. The van der Waals surface area contributed by atoms with Crippen molar-refractivity contribution in [3.63, 3.8) is 0 Å². The van der Waals surface area contributed by atoms with E-state index in [0.29, 0.717) is 13.0 Å². The van der Waals surface area contributed by atoms with Gasteiger partial charge in [0.25, 0.3) is 0 Å². The van der Waals surface area contributed by atoms with E-state index < -0.39 is 17.9 Å². The predicted octanol–water partition coefficient (Wildman–Crippen LogP) is 3.86. The van der Waals surface area contributed by atoms with Crippen LogP contribution in [0.4, 0.5) is 0 Å². The van der Waals surface area contributed by atoms with Crippen LogP contribution >= 0.6 is 0 Å². The van der Waals surface area contributed by atoms with Crippen molar-refractivity contribution >= 4 is 11.9 Å². The van der Waals surface area contributed by atoms with Gasteiger partial charge in [-0.3, -0.25) is 9.59 Å². The summed E-state index contributed by atoms with van der Waals surface area (Å²) in [7, 11) is 0. The second-order valence-electron chi connectivity index (χ2n) is 7.57. The Labute approximate surface area is 157 Å². The fraction of sp³-hybridized carbons (Fsp3) is 0.900. The molecular formula is C20H36O6. The van der Waals surface area contributed by atoms with Gasteiger partial charge >= 0.3 is 11.9 Å². The molecule has 0 amide bonds. The largest absolute Gasteiger partial charge is 0.465 e. The normalized spacial score (nSPS) is 18.0. The molecule has 1 fully saturated rings. The highest BCUT2D eigenvalue weighted by Gasteiger charge is 2.29. The van der Waals surface area contributed by atoms with Gasteiger partial charge in [-0.25, -0.2) is 0 Å². The Hall–Kier alpha value is -1.14. The summed E-state index contributed by atoms with van der Waals surface area (Å²) in [5, 5.41) is 0. The summed E-state index contributed by atoms with van der Waals surface area (Å²) < 4.78 is 21.5. The lowest BCUT2D eigenvalue weighted by Gasteiger charge is -2.29. The number of rotatable bonds is 12. The van der Waals surface area contributed by atoms with Gasteiger partial charge in [0.05, 0.1) is 19.8 Å². The molecule has 0 bridgehead atoms. The molecule has 0 aromatic heterocycles. The Bertz CT molecular complexity index is 397. The Morgan fingerprint density at radius 2 is 1.73 bits per heavy atom. The Balaban J connectivity index is 2.33. The summed E-state index contributed by atoms with van der Waals surface area (Å²) in [5.74, 6) is -1.78. The fourth-order valence-corrected chi connectivity index (χ4v) is 3.00. The third-order valence-electron chi connectivity index (χ3n) is 4.54. The molecule has 0 saturated carbocycles. The molecule has 1 unspecified atom stereocenters. The summed E-state index contributed by atoms with van der Waals surface area (Å²) in [5.41, 5.74) is 0.0319. The predicted molar refractivity (Wildman–Crippen MR) is 98.5 cm³/mol. The molecule has 0 aliphatic carbocycles. The molecule has 0 N–H and O–H groups in total. The molecule has 152 valence electrons. The van der Waals surface area contributed by atoms with E-state index in [1.54, 1.807) is 13.8 Å². The molecule has 0 radical (unpaired) electrons. The van der Waals surface area contributed by atoms with Crippen LogP contribution in [0.3, 0.4) is 0 Å². The number of ether oxygens (including phenoxy) is 4. The van der Waals surface area contributed by atoms with Crippen molar-refractivity contribution in [1.82, 2.24) is 0 Å². The monoisotopic (exact) mass is 372 g/mol. The average molecular weight is 373 g/mol. The van der Waals surface area contributed by atoms with Crippen molar-refractivity contribution in [2.75, 3.05) is 26.4 Å². The van der Waals surface area contributed by atoms with Crippen molar-refractivity contribution in [1.29, 1.82) is 0 Å². The average Bonchev–Trinajstić information content (AvgIpc) is 2.61. The van der Waals surface area contributed by atoms with Gasteiger partial charge in [-0.05, 0) is 51.4 Å². The zero-order chi connectivity index (χ0) is 19.4. The lowest BCUT2D eigenvalue weighted by atomic mass is 9.87. The lowest BCUT2D eigenvalue weighted by molar-refractivity contribution is -0.176. The lowest BCUT2D eigenvalue weighted by Crippen LogP contribution is -2.29. The minimum atomic E-state index is -0.815. The van der Waals surface area contributed by atoms with Crippen molar-refractivity contribution in [3.8, 4) is 0 Å². The number of carbonyl (C=O) groups excluding carboxylic acids is 2. The Kier molecular flexibility index (Phi) is 10.8. The first-order valence-electron chi connectivity index (χ1n) is 9.96. The summed E-state index contributed by atoms with van der Waals surface area (Å²) >= 11 is 0. The van der Waals surface area contributed by atoms with Crippen molar-refractivity contribution in [2.45, 2.75) is 78.9 Å². The first-order chi connectivity index (χ1) is 12.4. The summed E-state index contributed by atoms with van der Waals surface area (Å²) in [6.45, 7) is 9.78. The number of hydrogen-bond donors (Lipinski definition) is 0. The zero-order valence-corrected chi connectivity index (χ0v) is 16.9. The molecule has 1 aliphatic rings. The van der Waals surface area contributed by atoms with Crippen LogP contribution < -0.4 is 0 Å². The van der Waals surface area contributed by atoms with Gasteiger partial charge in [0.15, 0.2) is 12.2 Å². The van der Waals surface area contributed by atoms with Gasteiger partial charge in [-0.2, -0.15) is 0 Å². The van der Waals surface area contributed by atoms with Gasteiger partial charge in [0.1, 0.15) is 0 Å². The summed E-state index contributed by atoms with van der Waals surface area (Å²) in [4.78, 5) is 23.9. The van der Waals surface area contributed by atoms with E-state index >= 15 is 0 Å². The van der Waals surface area contributed by atoms with Crippen LogP contribution in [-0.2, 0) is 28.5 Å². The van der Waals surface area contributed by atoms with Gasteiger partial charge in [0, 0.05) is 6.61 Å². The highest BCUT2D eigenvalue weighted by molar-refractivity contribution is 5.94. The van der Waals surface area contributed by atoms with Crippen molar-refractivity contribution in [3.05, 3.63) is 0 Å². The summed E-state index contributed by atoms with van der Waals surface area (Å²) in [6.07, 6.45) is 6.28. The van der Waals surface area contributed by atoms with Gasteiger partial charge < -0.3 is 18.9 Å². The van der Waals surface area contributed by atoms with Crippen LogP contribution in [0.15, 0.2) is 0 Å². The van der Waals surface area contributed by atoms with E-state index in [9.17, 15) is 9.59 Å². The molecule has 1 saturated heterocycles. The van der Waals surface area contributed by atoms with E-state index in [0.717, 1.165) is 45.1 Å². The van der Waals surface area contributed by atoms with Gasteiger partial charge in [-0.15, -0.1) is 0 Å². The highest BCUT2D eigenvalue weighted by Crippen LogP contribution is 2.27.